The van der Waals surface area contributed by atoms with Crippen LogP contribution in [-0.2, 0) is 4.79 Å². The molecule has 1 amide bonds. The molecule has 90 valence electrons. The number of carbonyl (C=O) groups is 1. The van der Waals surface area contributed by atoms with Crippen LogP contribution >= 0.6 is 0 Å². The molecular formula is C15H19NO. The normalized spacial score (nSPS) is 11.3. The van der Waals surface area contributed by atoms with E-state index in [1.54, 1.807) is 6.08 Å². The zero-order chi connectivity index (χ0) is 12.8. The van der Waals surface area contributed by atoms with Crippen molar-refractivity contribution in [2.75, 3.05) is 5.32 Å². The van der Waals surface area contributed by atoms with E-state index in [4.69, 9.17) is 0 Å². The van der Waals surface area contributed by atoms with Gasteiger partial charge in [0.05, 0.1) is 0 Å². The van der Waals surface area contributed by atoms with E-state index in [0.29, 0.717) is 0 Å². The Hall–Kier alpha value is -1.83. The van der Waals surface area contributed by atoms with Gasteiger partial charge in [0, 0.05) is 11.8 Å². The number of carbonyl (C=O) groups excluding carboxylic acids is 1. The lowest BCUT2D eigenvalue weighted by molar-refractivity contribution is -0.111. The zero-order valence-electron chi connectivity index (χ0n) is 10.9. The molecule has 0 radical (unpaired) electrons. The number of nitrogens with one attached hydrogen (secondary N) is 1. The molecule has 2 heteroatoms. The highest BCUT2D eigenvalue weighted by Crippen LogP contribution is 2.21. The van der Waals surface area contributed by atoms with Crippen molar-refractivity contribution in [2.45, 2.75) is 27.7 Å². The Kier molecular flexibility index (Phi) is 4.70. The Morgan fingerprint density at radius 1 is 1.12 bits per heavy atom. The Balaban J connectivity index is 2.85. The van der Waals surface area contributed by atoms with Gasteiger partial charge < -0.3 is 5.32 Å². The van der Waals surface area contributed by atoms with Crippen LogP contribution in [0.25, 0.3) is 0 Å². The number of anilines is 1. The molecule has 0 saturated carbocycles. The van der Waals surface area contributed by atoms with Crippen molar-refractivity contribution in [2.24, 2.45) is 0 Å². The molecule has 0 spiro atoms. The summed E-state index contributed by atoms with van der Waals surface area (Å²) in [6, 6.07) is 4.14. The molecule has 0 heterocycles. The van der Waals surface area contributed by atoms with E-state index in [9.17, 15) is 4.79 Å². The maximum absolute atomic E-state index is 11.6. The summed E-state index contributed by atoms with van der Waals surface area (Å²) in [4.78, 5) is 11.6. The minimum absolute atomic E-state index is 0.0989. The molecule has 0 saturated heterocycles. The minimum Gasteiger partial charge on any atom is -0.322 e. The van der Waals surface area contributed by atoms with E-state index in [-0.39, 0.29) is 5.91 Å². The Labute approximate surface area is 103 Å². The van der Waals surface area contributed by atoms with Gasteiger partial charge in [0.25, 0.3) is 0 Å². The number of allylic oxidation sites excluding steroid dienone is 3. The van der Waals surface area contributed by atoms with Crippen molar-refractivity contribution in [1.29, 1.82) is 0 Å². The number of hydrogen-bond donors (Lipinski definition) is 1. The van der Waals surface area contributed by atoms with Gasteiger partial charge in [0.1, 0.15) is 0 Å². The predicted octanol–water partition coefficient (Wildman–Crippen LogP) is 3.68. The van der Waals surface area contributed by atoms with Gasteiger partial charge in [0.2, 0.25) is 5.91 Å². The Morgan fingerprint density at radius 2 is 1.71 bits per heavy atom. The van der Waals surface area contributed by atoms with Crippen molar-refractivity contribution in [3.05, 3.63) is 53.1 Å². The lowest BCUT2D eigenvalue weighted by Crippen LogP contribution is -2.10. The van der Waals surface area contributed by atoms with E-state index in [0.717, 1.165) is 16.8 Å². The molecule has 17 heavy (non-hydrogen) atoms. The lowest BCUT2D eigenvalue weighted by Gasteiger charge is -2.11. The number of hydrogen-bond acceptors (Lipinski definition) is 1. The molecule has 0 bridgehead atoms. The molecule has 1 aromatic carbocycles. The molecule has 2 nitrogen and oxygen atoms in total. The summed E-state index contributed by atoms with van der Waals surface area (Å²) >= 11 is 0. The van der Waals surface area contributed by atoms with Crippen LogP contribution in [0, 0.1) is 20.8 Å². The molecule has 1 N–H and O–H groups in total. The first-order valence-corrected chi connectivity index (χ1v) is 5.72. The van der Waals surface area contributed by atoms with E-state index in [2.05, 4.69) is 24.4 Å². The van der Waals surface area contributed by atoms with Crippen LogP contribution in [0.1, 0.15) is 23.6 Å². The fourth-order valence-electron chi connectivity index (χ4n) is 1.80. The largest absolute Gasteiger partial charge is 0.322 e. The van der Waals surface area contributed by atoms with E-state index in [1.165, 1.54) is 11.6 Å². The highest BCUT2D eigenvalue weighted by molar-refractivity contribution is 6.00. The summed E-state index contributed by atoms with van der Waals surface area (Å²) in [5.74, 6) is -0.0989. The van der Waals surface area contributed by atoms with Crippen molar-refractivity contribution < 1.29 is 4.79 Å². The minimum atomic E-state index is -0.0989. The van der Waals surface area contributed by atoms with Gasteiger partial charge in [0.15, 0.2) is 0 Å². The molecule has 0 unspecified atom stereocenters. The first-order valence-electron chi connectivity index (χ1n) is 5.72. The summed E-state index contributed by atoms with van der Waals surface area (Å²) in [5.41, 5.74) is 4.30. The van der Waals surface area contributed by atoms with E-state index >= 15 is 0 Å². The Morgan fingerprint density at radius 3 is 2.24 bits per heavy atom. The van der Waals surface area contributed by atoms with E-state index < -0.39 is 0 Å². The predicted molar refractivity (Wildman–Crippen MR) is 73.2 cm³/mol. The van der Waals surface area contributed by atoms with Gasteiger partial charge in [-0.1, -0.05) is 35.9 Å². The average molecular weight is 229 g/mol. The summed E-state index contributed by atoms with van der Waals surface area (Å²) in [7, 11) is 0. The van der Waals surface area contributed by atoms with Gasteiger partial charge in [-0.25, -0.2) is 0 Å². The van der Waals surface area contributed by atoms with Crippen molar-refractivity contribution in [3.63, 3.8) is 0 Å². The van der Waals surface area contributed by atoms with Crippen LogP contribution in [0.15, 0.2) is 36.4 Å². The van der Waals surface area contributed by atoms with Gasteiger partial charge in [-0.15, -0.1) is 0 Å². The first-order chi connectivity index (χ1) is 8.04. The monoisotopic (exact) mass is 229 g/mol. The third kappa shape index (κ3) is 3.91. The van der Waals surface area contributed by atoms with Crippen molar-refractivity contribution in [1.82, 2.24) is 0 Å². The standard InChI is InChI=1S/C15H19NO/c1-5-6-7-8-14(17)16-15-12(3)9-11(2)10-13(15)4/h5-10H,1-4H3,(H,16,17)/b6-5+,8-7+. The highest BCUT2D eigenvalue weighted by atomic mass is 16.1. The molecule has 1 rings (SSSR count). The van der Waals surface area contributed by atoms with Gasteiger partial charge in [-0.05, 0) is 38.8 Å². The zero-order valence-corrected chi connectivity index (χ0v) is 10.9. The summed E-state index contributed by atoms with van der Waals surface area (Å²) < 4.78 is 0. The average Bonchev–Trinajstić information content (AvgIpc) is 2.24. The molecule has 0 aromatic heterocycles. The maximum atomic E-state index is 11.6. The second-order valence-corrected chi connectivity index (χ2v) is 4.15. The molecular weight excluding hydrogens is 210 g/mol. The molecule has 0 aliphatic rings. The number of amides is 1. The van der Waals surface area contributed by atoms with Crippen LogP contribution in [-0.4, -0.2) is 5.91 Å². The first kappa shape index (κ1) is 13.2. The molecule has 1 aromatic rings. The van der Waals surface area contributed by atoms with Gasteiger partial charge in [-0.2, -0.15) is 0 Å². The maximum Gasteiger partial charge on any atom is 0.248 e. The van der Waals surface area contributed by atoms with Gasteiger partial charge >= 0.3 is 0 Å². The number of benzene rings is 1. The van der Waals surface area contributed by atoms with Crippen LogP contribution in [0.4, 0.5) is 5.69 Å². The van der Waals surface area contributed by atoms with Crippen LogP contribution < -0.4 is 5.32 Å². The van der Waals surface area contributed by atoms with Crippen LogP contribution in [0.2, 0.25) is 0 Å². The number of rotatable bonds is 3. The fourth-order valence-corrected chi connectivity index (χ4v) is 1.80. The Bertz CT molecular complexity index is 447. The second-order valence-electron chi connectivity index (χ2n) is 4.15. The van der Waals surface area contributed by atoms with Crippen molar-refractivity contribution in [3.8, 4) is 0 Å². The summed E-state index contributed by atoms with van der Waals surface area (Å²) in [5, 5.41) is 2.90. The third-order valence-electron chi connectivity index (χ3n) is 2.48. The van der Waals surface area contributed by atoms with Gasteiger partial charge in [-0.3, -0.25) is 4.79 Å². The molecule has 0 aliphatic carbocycles. The quantitative estimate of drug-likeness (QED) is 0.621. The third-order valence-corrected chi connectivity index (χ3v) is 2.48. The molecule has 0 aliphatic heterocycles. The van der Waals surface area contributed by atoms with E-state index in [1.807, 2.05) is 32.9 Å². The summed E-state index contributed by atoms with van der Waals surface area (Å²) in [6.07, 6.45) is 6.97. The number of aryl methyl sites for hydroxylation is 3. The van der Waals surface area contributed by atoms with Crippen LogP contribution in [0.3, 0.4) is 0 Å². The topological polar surface area (TPSA) is 29.1 Å². The SMILES string of the molecule is C/C=C/C=C/C(=O)Nc1c(C)cc(C)cc1C. The summed E-state index contributed by atoms with van der Waals surface area (Å²) in [6.45, 7) is 7.98. The fraction of sp³-hybridized carbons (Fsp3) is 0.267. The van der Waals surface area contributed by atoms with Crippen LogP contribution in [0.5, 0.6) is 0 Å². The lowest BCUT2D eigenvalue weighted by atomic mass is 10.1. The van der Waals surface area contributed by atoms with Crippen molar-refractivity contribution >= 4 is 11.6 Å². The second kappa shape index (κ2) is 6.04. The highest BCUT2D eigenvalue weighted by Gasteiger charge is 2.05. The molecule has 0 atom stereocenters. The molecule has 0 fully saturated rings. The smallest absolute Gasteiger partial charge is 0.248 e.